The van der Waals surface area contributed by atoms with Crippen molar-refractivity contribution in [2.24, 2.45) is 0 Å². The number of nitrogens with zero attached hydrogens (tertiary/aromatic N) is 1. The molecule has 5 heteroatoms. The average Bonchev–Trinajstić information content (AvgIpc) is 3.10. The second-order valence-corrected chi connectivity index (χ2v) is 5.92. The molecule has 1 N–H and O–H groups in total. The number of anilines is 1. The highest BCUT2D eigenvalue weighted by molar-refractivity contribution is 5.67. The van der Waals surface area contributed by atoms with E-state index in [2.05, 4.69) is 10.3 Å². The topological polar surface area (TPSA) is 43.4 Å². The van der Waals surface area contributed by atoms with Crippen LogP contribution < -0.4 is 14.8 Å². The van der Waals surface area contributed by atoms with E-state index < -0.39 is 0 Å². The number of benzene rings is 2. The van der Waals surface area contributed by atoms with E-state index >= 15 is 0 Å². The van der Waals surface area contributed by atoms with E-state index in [0.717, 1.165) is 34.0 Å². The van der Waals surface area contributed by atoms with E-state index in [4.69, 9.17) is 9.47 Å². The summed E-state index contributed by atoms with van der Waals surface area (Å²) in [6.45, 7) is 2.28. The summed E-state index contributed by atoms with van der Waals surface area (Å²) in [5.41, 5.74) is 3.02. The molecule has 0 bridgehead atoms. The second kappa shape index (κ2) is 6.43. The smallest absolute Gasteiger partial charge is 0.231 e. The summed E-state index contributed by atoms with van der Waals surface area (Å²) >= 11 is 0. The zero-order chi connectivity index (χ0) is 17.2. The molecule has 25 heavy (non-hydrogen) atoms. The van der Waals surface area contributed by atoms with Gasteiger partial charge in [-0.05, 0) is 54.4 Å². The Morgan fingerprint density at radius 1 is 0.960 bits per heavy atom. The van der Waals surface area contributed by atoms with Gasteiger partial charge in [-0.1, -0.05) is 18.2 Å². The lowest BCUT2D eigenvalue weighted by molar-refractivity contribution is 0.174. The van der Waals surface area contributed by atoms with Crippen molar-refractivity contribution in [2.75, 3.05) is 12.1 Å². The van der Waals surface area contributed by atoms with Crippen molar-refractivity contribution in [1.82, 2.24) is 4.98 Å². The molecule has 4 nitrogen and oxygen atoms in total. The molecule has 1 aromatic heterocycles. The van der Waals surface area contributed by atoms with Gasteiger partial charge < -0.3 is 14.8 Å². The van der Waals surface area contributed by atoms with E-state index in [-0.39, 0.29) is 18.7 Å². The highest BCUT2D eigenvalue weighted by atomic mass is 19.1. The summed E-state index contributed by atoms with van der Waals surface area (Å²) in [4.78, 5) is 4.47. The highest BCUT2D eigenvalue weighted by Crippen LogP contribution is 2.35. The fraction of sp³-hybridized carbons (Fsp3) is 0.150. The maximum absolute atomic E-state index is 13.0. The Labute approximate surface area is 145 Å². The number of aromatic nitrogens is 1. The Morgan fingerprint density at radius 3 is 2.48 bits per heavy atom. The maximum Gasteiger partial charge on any atom is 0.231 e. The van der Waals surface area contributed by atoms with Crippen LogP contribution in [0.15, 0.2) is 60.8 Å². The number of hydrogen-bond acceptors (Lipinski definition) is 4. The van der Waals surface area contributed by atoms with Crippen molar-refractivity contribution in [3.05, 3.63) is 72.2 Å². The Morgan fingerprint density at radius 2 is 1.72 bits per heavy atom. The third kappa shape index (κ3) is 3.26. The maximum atomic E-state index is 13.0. The first-order valence-corrected chi connectivity index (χ1v) is 8.07. The minimum atomic E-state index is -0.234. The van der Waals surface area contributed by atoms with Gasteiger partial charge in [0.15, 0.2) is 11.5 Å². The molecule has 1 aliphatic rings. The van der Waals surface area contributed by atoms with Gasteiger partial charge in [0, 0.05) is 17.8 Å². The molecule has 2 heterocycles. The molecular weight excluding hydrogens is 319 g/mol. The molecule has 0 aliphatic carbocycles. The van der Waals surface area contributed by atoms with E-state index in [1.165, 1.54) is 12.1 Å². The van der Waals surface area contributed by atoms with Gasteiger partial charge in [0.2, 0.25) is 6.79 Å². The summed E-state index contributed by atoms with van der Waals surface area (Å²) < 4.78 is 23.8. The van der Waals surface area contributed by atoms with E-state index in [9.17, 15) is 4.39 Å². The summed E-state index contributed by atoms with van der Waals surface area (Å²) in [5, 5.41) is 3.32. The largest absolute Gasteiger partial charge is 0.454 e. The number of nitrogens with one attached hydrogen (secondary N) is 1. The van der Waals surface area contributed by atoms with Crippen LogP contribution in [0.4, 0.5) is 10.2 Å². The molecule has 0 saturated carbocycles. The Balaban J connectivity index is 1.49. The highest BCUT2D eigenvalue weighted by Gasteiger charge is 2.14. The summed E-state index contributed by atoms with van der Waals surface area (Å²) in [7, 11) is 0. The van der Waals surface area contributed by atoms with Gasteiger partial charge in [-0.25, -0.2) is 9.37 Å². The van der Waals surface area contributed by atoms with Crippen molar-refractivity contribution in [1.29, 1.82) is 0 Å². The molecule has 4 rings (SSSR count). The van der Waals surface area contributed by atoms with Crippen LogP contribution in [-0.2, 0) is 0 Å². The predicted octanol–water partition coefficient (Wildman–Crippen LogP) is 4.79. The number of pyridine rings is 1. The molecule has 2 aromatic carbocycles. The van der Waals surface area contributed by atoms with Gasteiger partial charge in [-0.15, -0.1) is 0 Å². The molecule has 0 radical (unpaired) electrons. The molecule has 0 saturated heterocycles. The predicted molar refractivity (Wildman–Crippen MR) is 94.2 cm³/mol. The monoisotopic (exact) mass is 336 g/mol. The summed E-state index contributed by atoms with van der Waals surface area (Å²) in [6, 6.07) is 16.3. The molecule has 0 fully saturated rings. The minimum absolute atomic E-state index is 0.0319. The molecule has 1 aliphatic heterocycles. The zero-order valence-corrected chi connectivity index (χ0v) is 13.7. The summed E-state index contributed by atoms with van der Waals surface area (Å²) in [6.07, 6.45) is 1.82. The van der Waals surface area contributed by atoms with Crippen LogP contribution in [0.1, 0.15) is 18.5 Å². The zero-order valence-electron chi connectivity index (χ0n) is 13.7. The van der Waals surface area contributed by atoms with E-state index in [1.807, 2.05) is 43.5 Å². The third-order valence-corrected chi connectivity index (χ3v) is 4.20. The van der Waals surface area contributed by atoms with Crippen LogP contribution in [0.5, 0.6) is 11.5 Å². The quantitative estimate of drug-likeness (QED) is 0.744. The Hall–Kier alpha value is -3.08. The minimum Gasteiger partial charge on any atom is -0.454 e. The van der Waals surface area contributed by atoms with Gasteiger partial charge in [-0.3, -0.25) is 0 Å². The number of rotatable bonds is 4. The Bertz CT molecular complexity index is 879. The first-order chi connectivity index (χ1) is 12.2. The van der Waals surface area contributed by atoms with Crippen LogP contribution in [0.3, 0.4) is 0 Å². The number of ether oxygens (including phenoxy) is 2. The van der Waals surface area contributed by atoms with Crippen molar-refractivity contribution >= 4 is 5.82 Å². The molecule has 1 unspecified atom stereocenters. The van der Waals surface area contributed by atoms with Crippen LogP contribution >= 0.6 is 0 Å². The van der Waals surface area contributed by atoms with Crippen LogP contribution in [0, 0.1) is 5.82 Å². The molecule has 0 spiro atoms. The molecular formula is C20H17FN2O2. The lowest BCUT2D eigenvalue weighted by atomic mass is 10.1. The van der Waals surface area contributed by atoms with Gasteiger partial charge in [0.1, 0.15) is 11.6 Å². The van der Waals surface area contributed by atoms with Crippen LogP contribution in [-0.4, -0.2) is 11.8 Å². The van der Waals surface area contributed by atoms with Crippen LogP contribution in [0.2, 0.25) is 0 Å². The van der Waals surface area contributed by atoms with Gasteiger partial charge in [0.25, 0.3) is 0 Å². The molecule has 126 valence electrons. The lowest BCUT2D eigenvalue weighted by Gasteiger charge is -2.15. The second-order valence-electron chi connectivity index (χ2n) is 5.92. The van der Waals surface area contributed by atoms with Gasteiger partial charge >= 0.3 is 0 Å². The van der Waals surface area contributed by atoms with Crippen LogP contribution in [0.25, 0.3) is 11.1 Å². The van der Waals surface area contributed by atoms with E-state index in [1.54, 1.807) is 12.1 Å². The fourth-order valence-electron chi connectivity index (χ4n) is 2.78. The molecule has 3 aromatic rings. The standard InChI is InChI=1S/C20H17FN2O2/c1-13(14-2-6-17(21)7-3-14)23-20-9-5-16(11-22-20)15-4-8-18-19(10-15)25-12-24-18/h2-11,13H,12H2,1H3,(H,22,23). The molecule has 0 amide bonds. The third-order valence-electron chi connectivity index (χ3n) is 4.20. The Kier molecular flexibility index (Phi) is 3.98. The van der Waals surface area contributed by atoms with Gasteiger partial charge in [0.05, 0.1) is 0 Å². The van der Waals surface area contributed by atoms with Crippen molar-refractivity contribution in [3.63, 3.8) is 0 Å². The fourth-order valence-corrected chi connectivity index (χ4v) is 2.78. The number of fused-ring (bicyclic) bond motifs is 1. The normalized spacial score (nSPS) is 13.5. The van der Waals surface area contributed by atoms with Gasteiger partial charge in [-0.2, -0.15) is 0 Å². The first kappa shape index (κ1) is 15.4. The molecule has 1 atom stereocenters. The van der Waals surface area contributed by atoms with Crippen molar-refractivity contribution in [2.45, 2.75) is 13.0 Å². The average molecular weight is 336 g/mol. The lowest BCUT2D eigenvalue weighted by Crippen LogP contribution is -2.07. The first-order valence-electron chi connectivity index (χ1n) is 8.07. The van der Waals surface area contributed by atoms with Crippen molar-refractivity contribution < 1.29 is 13.9 Å². The number of hydrogen-bond donors (Lipinski definition) is 1. The summed E-state index contributed by atoms with van der Waals surface area (Å²) in [5.74, 6) is 2.05. The van der Waals surface area contributed by atoms with Crippen molar-refractivity contribution in [3.8, 4) is 22.6 Å². The van der Waals surface area contributed by atoms with E-state index in [0.29, 0.717) is 0 Å². The SMILES string of the molecule is CC(Nc1ccc(-c2ccc3c(c2)OCO3)cn1)c1ccc(F)cc1. The number of halogens is 1.